The highest BCUT2D eigenvalue weighted by Crippen LogP contribution is 2.37. The van der Waals surface area contributed by atoms with Crippen LogP contribution in [-0.4, -0.2) is 18.0 Å². The molecule has 0 aliphatic heterocycles. The fourth-order valence-electron chi connectivity index (χ4n) is 1.69. The molecule has 0 bridgehead atoms. The molecule has 3 N–H and O–H groups in total. The minimum Gasteiger partial charge on any atom is -0.405 e. The Balaban J connectivity index is 3.24. The molecule has 0 aromatic heterocycles. The number of aliphatic hydroxyl groups is 1. The highest BCUT2D eigenvalue weighted by atomic mass is 19.4. The summed E-state index contributed by atoms with van der Waals surface area (Å²) in [4.78, 5) is 0. The van der Waals surface area contributed by atoms with Crippen molar-refractivity contribution in [3.8, 4) is 5.75 Å². The number of rotatable bonds is 4. The fraction of sp³-hybridized carbons (Fsp3) is 0.500. The Hall–Kier alpha value is -1.27. The zero-order chi connectivity index (χ0) is 14.0. The van der Waals surface area contributed by atoms with E-state index in [-0.39, 0.29) is 18.0 Å². The van der Waals surface area contributed by atoms with Crippen LogP contribution in [0.15, 0.2) is 24.3 Å². The number of para-hydroxylation sites is 1. The average Bonchev–Trinajstić information content (AvgIpc) is 2.26. The van der Waals surface area contributed by atoms with E-state index in [4.69, 9.17) is 5.73 Å². The first-order chi connectivity index (χ1) is 8.20. The van der Waals surface area contributed by atoms with Gasteiger partial charge < -0.3 is 15.6 Å². The van der Waals surface area contributed by atoms with E-state index < -0.39 is 17.7 Å². The molecule has 0 radical (unpaired) electrons. The van der Waals surface area contributed by atoms with E-state index in [0.29, 0.717) is 0 Å². The maximum atomic E-state index is 12.3. The minimum atomic E-state index is -4.80. The van der Waals surface area contributed by atoms with Crippen molar-refractivity contribution < 1.29 is 23.0 Å². The van der Waals surface area contributed by atoms with Gasteiger partial charge in [-0.25, -0.2) is 0 Å². The van der Waals surface area contributed by atoms with Gasteiger partial charge in [-0.15, -0.1) is 13.2 Å². The van der Waals surface area contributed by atoms with Crippen LogP contribution in [0.4, 0.5) is 13.2 Å². The van der Waals surface area contributed by atoms with Crippen LogP contribution in [0.1, 0.15) is 19.4 Å². The zero-order valence-corrected chi connectivity index (χ0v) is 10.2. The number of nitrogens with two attached hydrogens (primary N) is 1. The van der Waals surface area contributed by atoms with Crippen molar-refractivity contribution >= 4 is 0 Å². The van der Waals surface area contributed by atoms with Gasteiger partial charge >= 0.3 is 6.36 Å². The Bertz CT molecular complexity index is 407. The standard InChI is InChI=1S/C12H16F3NO2/c1-8(2)11(17,7-16)9-5-3-4-6-10(9)18-12(13,14)15/h3-6,8,17H,7,16H2,1-2H3. The molecule has 6 heteroatoms. The third kappa shape index (κ3) is 3.14. The quantitative estimate of drug-likeness (QED) is 0.877. The van der Waals surface area contributed by atoms with Crippen molar-refractivity contribution in [2.75, 3.05) is 6.54 Å². The average molecular weight is 263 g/mol. The maximum absolute atomic E-state index is 12.3. The molecule has 1 rings (SSSR count). The van der Waals surface area contributed by atoms with Crippen LogP contribution >= 0.6 is 0 Å². The van der Waals surface area contributed by atoms with Crippen molar-refractivity contribution in [1.82, 2.24) is 0 Å². The molecule has 0 spiro atoms. The normalized spacial score (nSPS) is 15.6. The maximum Gasteiger partial charge on any atom is 0.573 e. The van der Waals surface area contributed by atoms with Gasteiger partial charge in [0.15, 0.2) is 0 Å². The Kier molecular flexibility index (Phi) is 4.24. The molecular formula is C12H16F3NO2. The summed E-state index contributed by atoms with van der Waals surface area (Å²) >= 11 is 0. The van der Waals surface area contributed by atoms with Crippen LogP contribution < -0.4 is 10.5 Å². The molecule has 18 heavy (non-hydrogen) atoms. The second kappa shape index (κ2) is 5.16. The fourth-order valence-corrected chi connectivity index (χ4v) is 1.69. The van der Waals surface area contributed by atoms with Crippen molar-refractivity contribution in [3.63, 3.8) is 0 Å². The van der Waals surface area contributed by atoms with Gasteiger partial charge in [0.05, 0.1) is 0 Å². The van der Waals surface area contributed by atoms with E-state index in [1.165, 1.54) is 18.2 Å². The summed E-state index contributed by atoms with van der Waals surface area (Å²) < 4.78 is 40.8. The smallest absolute Gasteiger partial charge is 0.405 e. The van der Waals surface area contributed by atoms with E-state index in [1.54, 1.807) is 13.8 Å². The molecule has 0 heterocycles. The summed E-state index contributed by atoms with van der Waals surface area (Å²) in [5.41, 5.74) is 3.97. The van der Waals surface area contributed by atoms with E-state index in [0.717, 1.165) is 6.07 Å². The first kappa shape index (κ1) is 14.8. The van der Waals surface area contributed by atoms with E-state index in [2.05, 4.69) is 4.74 Å². The summed E-state index contributed by atoms with van der Waals surface area (Å²) in [5, 5.41) is 10.4. The Labute approximate surface area is 103 Å². The number of alkyl halides is 3. The van der Waals surface area contributed by atoms with Gasteiger partial charge in [-0.1, -0.05) is 32.0 Å². The molecule has 1 unspecified atom stereocenters. The molecular weight excluding hydrogens is 247 g/mol. The van der Waals surface area contributed by atoms with Gasteiger partial charge in [0.25, 0.3) is 0 Å². The molecule has 1 atom stereocenters. The van der Waals surface area contributed by atoms with Crippen LogP contribution in [-0.2, 0) is 5.60 Å². The Morgan fingerprint density at radius 2 is 1.83 bits per heavy atom. The van der Waals surface area contributed by atoms with Crippen LogP contribution in [0.3, 0.4) is 0 Å². The summed E-state index contributed by atoms with van der Waals surface area (Å²) in [6.07, 6.45) is -4.80. The van der Waals surface area contributed by atoms with E-state index >= 15 is 0 Å². The number of benzene rings is 1. The molecule has 0 fully saturated rings. The molecule has 102 valence electrons. The number of hydrogen-bond donors (Lipinski definition) is 2. The monoisotopic (exact) mass is 263 g/mol. The second-order valence-corrected chi connectivity index (χ2v) is 4.33. The lowest BCUT2D eigenvalue weighted by Crippen LogP contribution is -2.40. The lowest BCUT2D eigenvalue weighted by Gasteiger charge is -2.32. The first-order valence-corrected chi connectivity index (χ1v) is 5.48. The lowest BCUT2D eigenvalue weighted by atomic mass is 9.83. The van der Waals surface area contributed by atoms with Crippen molar-refractivity contribution in [1.29, 1.82) is 0 Å². The van der Waals surface area contributed by atoms with Crippen LogP contribution in [0, 0.1) is 5.92 Å². The van der Waals surface area contributed by atoms with Crippen molar-refractivity contribution in [3.05, 3.63) is 29.8 Å². The summed E-state index contributed by atoms with van der Waals surface area (Å²) in [7, 11) is 0. The van der Waals surface area contributed by atoms with Crippen LogP contribution in [0.2, 0.25) is 0 Å². The van der Waals surface area contributed by atoms with Gasteiger partial charge in [0.1, 0.15) is 11.4 Å². The molecule has 0 saturated heterocycles. The van der Waals surface area contributed by atoms with Gasteiger partial charge in [0.2, 0.25) is 0 Å². The van der Waals surface area contributed by atoms with Gasteiger partial charge in [-0.3, -0.25) is 0 Å². The third-order valence-electron chi connectivity index (χ3n) is 2.85. The highest BCUT2D eigenvalue weighted by Gasteiger charge is 2.38. The summed E-state index contributed by atoms with van der Waals surface area (Å²) in [6.45, 7) is 3.16. The number of hydrogen-bond acceptors (Lipinski definition) is 3. The number of halogens is 3. The number of ether oxygens (including phenoxy) is 1. The topological polar surface area (TPSA) is 55.5 Å². The highest BCUT2D eigenvalue weighted by molar-refractivity contribution is 5.38. The van der Waals surface area contributed by atoms with Gasteiger partial charge in [-0.05, 0) is 12.0 Å². The largest absolute Gasteiger partial charge is 0.573 e. The summed E-state index contributed by atoms with van der Waals surface area (Å²) in [5.74, 6) is -0.771. The SMILES string of the molecule is CC(C)C(O)(CN)c1ccccc1OC(F)(F)F. The van der Waals surface area contributed by atoms with Gasteiger partial charge in [-0.2, -0.15) is 0 Å². The van der Waals surface area contributed by atoms with Crippen LogP contribution in [0.25, 0.3) is 0 Å². The molecule has 1 aromatic carbocycles. The molecule has 0 saturated carbocycles. The van der Waals surface area contributed by atoms with Gasteiger partial charge in [0, 0.05) is 12.1 Å². The lowest BCUT2D eigenvalue weighted by molar-refractivity contribution is -0.275. The Morgan fingerprint density at radius 3 is 2.28 bits per heavy atom. The van der Waals surface area contributed by atoms with Crippen molar-refractivity contribution in [2.24, 2.45) is 11.7 Å². The zero-order valence-electron chi connectivity index (χ0n) is 10.2. The van der Waals surface area contributed by atoms with E-state index in [1.807, 2.05) is 0 Å². The molecule has 0 amide bonds. The minimum absolute atomic E-state index is 0.0415. The third-order valence-corrected chi connectivity index (χ3v) is 2.85. The Morgan fingerprint density at radius 1 is 1.28 bits per heavy atom. The van der Waals surface area contributed by atoms with Crippen molar-refractivity contribution in [2.45, 2.75) is 25.8 Å². The molecule has 0 aliphatic carbocycles. The predicted octanol–water partition coefficient (Wildman–Crippen LogP) is 2.39. The second-order valence-electron chi connectivity index (χ2n) is 4.33. The molecule has 1 aromatic rings. The predicted molar refractivity (Wildman–Crippen MR) is 60.9 cm³/mol. The first-order valence-electron chi connectivity index (χ1n) is 5.48. The van der Waals surface area contributed by atoms with E-state index in [9.17, 15) is 18.3 Å². The summed E-state index contributed by atoms with van der Waals surface area (Å²) in [6, 6.07) is 5.48. The van der Waals surface area contributed by atoms with Crippen LogP contribution in [0.5, 0.6) is 5.75 Å². The molecule has 3 nitrogen and oxygen atoms in total. The molecule has 0 aliphatic rings.